The third-order valence-electron chi connectivity index (χ3n) is 6.45. The quantitative estimate of drug-likeness (QED) is 0.779. The molecule has 2 aliphatic rings. The number of hydrogen-bond acceptors (Lipinski definition) is 5. The monoisotopic (exact) mass is 371 g/mol. The van der Waals surface area contributed by atoms with Crippen molar-refractivity contribution in [1.29, 1.82) is 0 Å². The van der Waals surface area contributed by atoms with E-state index in [1.165, 1.54) is 64.2 Å². The molecule has 7 heteroatoms. The highest BCUT2D eigenvalue weighted by atomic mass is 15.3. The molecule has 2 aromatic rings. The van der Waals surface area contributed by atoms with Gasteiger partial charge in [0.1, 0.15) is 12.4 Å². The van der Waals surface area contributed by atoms with Gasteiger partial charge in [0, 0.05) is 30.9 Å². The van der Waals surface area contributed by atoms with Gasteiger partial charge in [0.15, 0.2) is 5.82 Å². The molecule has 0 amide bonds. The second-order valence-electron chi connectivity index (χ2n) is 7.90. The van der Waals surface area contributed by atoms with Gasteiger partial charge in [-0.2, -0.15) is 5.10 Å². The summed E-state index contributed by atoms with van der Waals surface area (Å²) in [5.74, 6) is 2.74. The Morgan fingerprint density at radius 3 is 2.37 bits per heavy atom. The lowest BCUT2D eigenvalue weighted by molar-refractivity contribution is 0.0881. The number of nitrogens with zero attached hydrogens (tertiary/aromatic N) is 7. The van der Waals surface area contributed by atoms with Gasteiger partial charge in [0.25, 0.3) is 0 Å². The van der Waals surface area contributed by atoms with E-state index in [0.29, 0.717) is 12.5 Å². The molecule has 2 aromatic heterocycles. The van der Waals surface area contributed by atoms with Crippen LogP contribution in [0.15, 0.2) is 18.5 Å². The Balaban J connectivity index is 1.36. The first-order valence-corrected chi connectivity index (χ1v) is 10.6. The lowest BCUT2D eigenvalue weighted by Crippen LogP contribution is -2.47. The van der Waals surface area contributed by atoms with Crippen molar-refractivity contribution in [3.8, 4) is 0 Å². The van der Waals surface area contributed by atoms with E-state index in [4.69, 9.17) is 0 Å². The minimum atomic E-state index is 0.538. The summed E-state index contributed by atoms with van der Waals surface area (Å²) in [5.41, 5.74) is 0. The molecule has 0 aromatic carbocycles. The number of likely N-dealkylation sites (tertiary alicyclic amines) is 2. The van der Waals surface area contributed by atoms with Crippen LogP contribution in [0.2, 0.25) is 0 Å². The smallest absolute Gasteiger partial charge is 0.154 e. The molecule has 2 aliphatic heterocycles. The van der Waals surface area contributed by atoms with Crippen LogP contribution in [0, 0.1) is 0 Å². The van der Waals surface area contributed by atoms with Crippen molar-refractivity contribution >= 4 is 0 Å². The van der Waals surface area contributed by atoms with Crippen LogP contribution < -0.4 is 0 Å². The molecule has 0 aliphatic carbocycles. The number of piperidine rings is 2. The summed E-state index contributed by atoms with van der Waals surface area (Å²) >= 11 is 0. The molecule has 2 saturated heterocycles. The highest BCUT2D eigenvalue weighted by Gasteiger charge is 2.30. The second kappa shape index (κ2) is 8.52. The first kappa shape index (κ1) is 18.6. The van der Waals surface area contributed by atoms with E-state index in [1.807, 2.05) is 23.1 Å². The van der Waals surface area contributed by atoms with Crippen molar-refractivity contribution in [2.24, 2.45) is 0 Å². The molecule has 4 rings (SSSR count). The van der Waals surface area contributed by atoms with Crippen LogP contribution in [0.1, 0.15) is 57.1 Å². The molecule has 2 fully saturated rings. The molecule has 0 N–H and O–H groups in total. The fourth-order valence-corrected chi connectivity index (χ4v) is 4.78. The number of aromatic nitrogens is 5. The molecule has 0 radical (unpaired) electrons. The number of rotatable bonds is 6. The van der Waals surface area contributed by atoms with Crippen LogP contribution in [0.5, 0.6) is 0 Å². The van der Waals surface area contributed by atoms with E-state index >= 15 is 0 Å². The maximum absolute atomic E-state index is 4.60. The predicted molar refractivity (Wildman–Crippen MR) is 106 cm³/mol. The zero-order valence-corrected chi connectivity index (χ0v) is 16.8. The molecule has 27 heavy (non-hydrogen) atoms. The molecular formula is C20H33N7. The average molecular weight is 372 g/mol. The van der Waals surface area contributed by atoms with Crippen molar-refractivity contribution in [3.63, 3.8) is 0 Å². The highest BCUT2D eigenvalue weighted by Crippen LogP contribution is 2.30. The van der Waals surface area contributed by atoms with E-state index in [2.05, 4.69) is 43.5 Å². The van der Waals surface area contributed by atoms with Crippen LogP contribution in [0.25, 0.3) is 0 Å². The maximum Gasteiger partial charge on any atom is 0.154 e. The summed E-state index contributed by atoms with van der Waals surface area (Å²) in [7, 11) is 0. The summed E-state index contributed by atoms with van der Waals surface area (Å²) in [6.07, 6.45) is 8.86. The van der Waals surface area contributed by atoms with Gasteiger partial charge in [-0.25, -0.2) is 0 Å². The normalized spacial score (nSPS) is 21.1. The van der Waals surface area contributed by atoms with Crippen molar-refractivity contribution in [1.82, 2.24) is 34.3 Å². The topological polar surface area (TPSA) is 55.0 Å². The Labute approximate surface area is 162 Å². The van der Waals surface area contributed by atoms with Crippen LogP contribution in [0.3, 0.4) is 0 Å². The van der Waals surface area contributed by atoms with E-state index in [9.17, 15) is 0 Å². The van der Waals surface area contributed by atoms with E-state index in [-0.39, 0.29) is 0 Å². The molecule has 4 heterocycles. The molecule has 0 unspecified atom stereocenters. The van der Waals surface area contributed by atoms with Gasteiger partial charge in [-0.1, -0.05) is 6.92 Å². The Kier molecular flexibility index (Phi) is 5.88. The van der Waals surface area contributed by atoms with Gasteiger partial charge >= 0.3 is 0 Å². The van der Waals surface area contributed by atoms with Crippen LogP contribution >= 0.6 is 0 Å². The standard InChI is InChI=1S/C20H33N7/c1-3-24-12-8-18(9-13-24)25-14-6-17(7-15-25)20-23-22-19(27(20)4-2)16-26-11-5-10-21-26/h5,10-11,17-18H,3-4,6-9,12-16H2,1-2H3. The van der Waals surface area contributed by atoms with E-state index in [1.54, 1.807) is 0 Å². The Morgan fingerprint density at radius 2 is 1.74 bits per heavy atom. The maximum atomic E-state index is 4.60. The predicted octanol–water partition coefficient (Wildman–Crippen LogP) is 2.21. The molecule has 0 spiro atoms. The van der Waals surface area contributed by atoms with Crippen molar-refractivity contribution in [3.05, 3.63) is 30.1 Å². The van der Waals surface area contributed by atoms with Crippen LogP contribution in [0.4, 0.5) is 0 Å². The summed E-state index contributed by atoms with van der Waals surface area (Å²) in [5, 5.41) is 13.4. The van der Waals surface area contributed by atoms with Gasteiger partial charge in [-0.05, 0) is 71.4 Å². The van der Waals surface area contributed by atoms with Crippen molar-refractivity contribution < 1.29 is 0 Å². The highest BCUT2D eigenvalue weighted by molar-refractivity contribution is 5.05. The van der Waals surface area contributed by atoms with E-state index in [0.717, 1.165) is 18.4 Å². The first-order chi connectivity index (χ1) is 13.3. The molecule has 0 bridgehead atoms. The zero-order chi connectivity index (χ0) is 18.6. The van der Waals surface area contributed by atoms with Gasteiger partial charge in [-0.15, -0.1) is 10.2 Å². The van der Waals surface area contributed by atoms with Gasteiger partial charge in [0.2, 0.25) is 0 Å². The lowest BCUT2D eigenvalue weighted by Gasteiger charge is -2.41. The first-order valence-electron chi connectivity index (χ1n) is 10.6. The fourth-order valence-electron chi connectivity index (χ4n) is 4.78. The summed E-state index contributed by atoms with van der Waals surface area (Å²) in [4.78, 5) is 5.31. The molecular weight excluding hydrogens is 338 g/mol. The minimum Gasteiger partial charge on any atom is -0.313 e. The van der Waals surface area contributed by atoms with E-state index < -0.39 is 0 Å². The van der Waals surface area contributed by atoms with Gasteiger partial charge in [-0.3, -0.25) is 4.68 Å². The summed E-state index contributed by atoms with van der Waals surface area (Å²) in [6, 6.07) is 2.74. The van der Waals surface area contributed by atoms with Crippen molar-refractivity contribution in [2.75, 3.05) is 32.7 Å². The second-order valence-corrected chi connectivity index (χ2v) is 7.90. The Bertz CT molecular complexity index is 692. The van der Waals surface area contributed by atoms with Crippen molar-refractivity contribution in [2.45, 2.75) is 64.6 Å². The van der Waals surface area contributed by atoms with Gasteiger partial charge < -0.3 is 14.4 Å². The SMILES string of the molecule is CCN1CCC(N2CCC(c3nnc(Cn4cccn4)n3CC)CC2)CC1. The summed E-state index contributed by atoms with van der Waals surface area (Å²) < 4.78 is 4.23. The van der Waals surface area contributed by atoms with Gasteiger partial charge in [0.05, 0.1) is 0 Å². The molecule has 148 valence electrons. The molecule has 0 atom stereocenters. The number of hydrogen-bond donors (Lipinski definition) is 0. The molecule has 7 nitrogen and oxygen atoms in total. The third-order valence-corrected chi connectivity index (χ3v) is 6.45. The third kappa shape index (κ3) is 4.09. The fraction of sp³-hybridized carbons (Fsp3) is 0.750. The summed E-state index contributed by atoms with van der Waals surface area (Å²) in [6.45, 7) is 12.2. The average Bonchev–Trinajstić information content (AvgIpc) is 3.38. The zero-order valence-electron chi connectivity index (χ0n) is 16.8. The van der Waals surface area contributed by atoms with Crippen LogP contribution in [-0.2, 0) is 13.1 Å². The Morgan fingerprint density at radius 1 is 0.963 bits per heavy atom. The molecule has 0 saturated carbocycles. The largest absolute Gasteiger partial charge is 0.313 e. The lowest BCUT2D eigenvalue weighted by atomic mass is 9.92. The Hall–Kier alpha value is -1.73. The minimum absolute atomic E-state index is 0.538. The van der Waals surface area contributed by atoms with Crippen LogP contribution in [-0.4, -0.2) is 73.1 Å².